The summed E-state index contributed by atoms with van der Waals surface area (Å²) in [6, 6.07) is 13.9. The molecule has 0 spiro atoms. The van der Waals surface area contributed by atoms with E-state index in [4.69, 9.17) is 14.2 Å². The van der Waals surface area contributed by atoms with E-state index in [1.807, 2.05) is 26.8 Å². The number of aliphatic hydroxyl groups excluding tert-OH is 1. The fourth-order valence-corrected chi connectivity index (χ4v) is 7.83. The Morgan fingerprint density at radius 2 is 1.58 bits per heavy atom. The van der Waals surface area contributed by atoms with Gasteiger partial charge in [-0.15, -0.1) is 0 Å². The Morgan fingerprint density at radius 1 is 0.900 bits per heavy atom. The van der Waals surface area contributed by atoms with Crippen molar-refractivity contribution in [2.45, 2.75) is 105 Å². The summed E-state index contributed by atoms with van der Waals surface area (Å²) in [4.78, 5) is 17.9. The number of aliphatic hydroxyl groups is 1. The summed E-state index contributed by atoms with van der Waals surface area (Å²) < 4.78 is 49.4. The molecule has 2 heterocycles. The zero-order valence-corrected chi connectivity index (χ0v) is 31.8. The van der Waals surface area contributed by atoms with Gasteiger partial charge in [-0.25, -0.2) is 23.4 Å². The second-order valence-electron chi connectivity index (χ2n) is 14.2. The van der Waals surface area contributed by atoms with Crippen LogP contribution in [-0.2, 0) is 15.4 Å². The van der Waals surface area contributed by atoms with E-state index in [1.54, 1.807) is 62.5 Å². The van der Waals surface area contributed by atoms with Gasteiger partial charge in [0, 0.05) is 17.3 Å². The number of aromatic nitrogens is 4. The van der Waals surface area contributed by atoms with Gasteiger partial charge in [-0.05, 0) is 93.8 Å². The molecular formula is C38H51N5O6S. The van der Waals surface area contributed by atoms with Crippen molar-refractivity contribution in [1.29, 1.82) is 0 Å². The topological polar surface area (TPSA) is 146 Å². The number of sulfonamides is 1. The fraction of sp³-hybridized carbons (Fsp3) is 0.474. The first kappa shape index (κ1) is 38.5. The van der Waals surface area contributed by atoms with E-state index in [1.165, 1.54) is 0 Å². The van der Waals surface area contributed by atoms with Gasteiger partial charge < -0.3 is 19.3 Å². The Bertz CT molecular complexity index is 1910. The van der Waals surface area contributed by atoms with Crippen molar-refractivity contribution in [1.82, 2.24) is 19.9 Å². The highest BCUT2D eigenvalue weighted by atomic mass is 32.2. The first-order chi connectivity index (χ1) is 23.4. The van der Waals surface area contributed by atoms with Gasteiger partial charge in [0.2, 0.25) is 11.6 Å². The zero-order valence-electron chi connectivity index (χ0n) is 31.0. The van der Waals surface area contributed by atoms with Crippen LogP contribution in [0.5, 0.6) is 23.1 Å². The molecule has 2 atom stereocenters. The third kappa shape index (κ3) is 8.35. The van der Waals surface area contributed by atoms with Crippen molar-refractivity contribution in [2.75, 3.05) is 11.3 Å². The molecular weight excluding hydrogens is 655 g/mol. The third-order valence-corrected chi connectivity index (χ3v) is 10.2. The first-order valence-electron chi connectivity index (χ1n) is 17.0. The van der Waals surface area contributed by atoms with E-state index in [2.05, 4.69) is 66.2 Å². The van der Waals surface area contributed by atoms with E-state index >= 15 is 0 Å². The number of anilines is 1. The highest BCUT2D eigenvalue weighted by Gasteiger charge is 2.45. The Kier molecular flexibility index (Phi) is 11.8. The monoisotopic (exact) mass is 705 g/mol. The molecule has 0 radical (unpaired) electrons. The average molecular weight is 706 g/mol. The lowest BCUT2D eigenvalue weighted by atomic mass is 9.55. The molecule has 2 N–H and O–H groups in total. The van der Waals surface area contributed by atoms with Gasteiger partial charge in [0.1, 0.15) is 6.61 Å². The van der Waals surface area contributed by atoms with E-state index in [-0.39, 0.29) is 63.3 Å². The van der Waals surface area contributed by atoms with Crippen LogP contribution in [-0.4, -0.2) is 52.3 Å². The Balaban J connectivity index is 1.91. The lowest BCUT2D eigenvalue weighted by Gasteiger charge is -2.49. The molecule has 4 aromatic rings. The Morgan fingerprint density at radius 3 is 2.14 bits per heavy atom. The number of ether oxygens (including phenoxy) is 3. The summed E-state index contributed by atoms with van der Waals surface area (Å²) >= 11 is 0. The molecule has 0 fully saturated rings. The molecule has 2 aromatic carbocycles. The summed E-state index contributed by atoms with van der Waals surface area (Å²) in [7, 11) is -4.26. The van der Waals surface area contributed by atoms with Crippen molar-refractivity contribution in [2.24, 2.45) is 11.3 Å². The van der Waals surface area contributed by atoms with Gasteiger partial charge in [-0.1, -0.05) is 59.7 Å². The number of hydrogen-bond donors (Lipinski definition) is 2. The Labute approximate surface area is 296 Å². The number of rotatable bonds is 14. The molecule has 50 heavy (non-hydrogen) atoms. The number of para-hydroxylation sites is 2. The maximum Gasteiger partial charge on any atom is 0.264 e. The highest BCUT2D eigenvalue weighted by Crippen LogP contribution is 2.51. The summed E-state index contributed by atoms with van der Waals surface area (Å²) in [5, 5.41) is 10.1. The molecule has 0 amide bonds. The van der Waals surface area contributed by atoms with Crippen molar-refractivity contribution in [3.8, 4) is 34.8 Å². The standard InChI is InChI=1S/C38H51N5O6S/c1-12-38(23(2)3,37(9,10)11)29-18-17-28(21-25(29)6)50(45,46)43-33-32(49-31-16-14-13-15-30(31)48-24(4)5)36(47-22-27(8)44)42-35(41-33)34-39-20-19-26(7)40-34/h13-21,23-24,27,44H,12,22H2,1-11H3,(H,41,42,43). The van der Waals surface area contributed by atoms with Gasteiger partial charge in [0.25, 0.3) is 15.9 Å². The molecule has 0 saturated heterocycles. The molecule has 2 aromatic heterocycles. The minimum Gasteiger partial charge on any atom is -0.487 e. The lowest BCUT2D eigenvalue weighted by Crippen LogP contribution is -2.44. The maximum atomic E-state index is 14.2. The maximum absolute atomic E-state index is 14.2. The molecule has 0 saturated carbocycles. The van der Waals surface area contributed by atoms with E-state index in [9.17, 15) is 13.5 Å². The smallest absolute Gasteiger partial charge is 0.264 e. The second kappa shape index (κ2) is 15.3. The molecule has 0 aliphatic carbocycles. The molecule has 4 rings (SSSR count). The van der Waals surface area contributed by atoms with Gasteiger partial charge in [0.15, 0.2) is 23.1 Å². The van der Waals surface area contributed by atoms with Gasteiger partial charge in [0.05, 0.1) is 17.1 Å². The van der Waals surface area contributed by atoms with Crippen molar-refractivity contribution in [3.05, 3.63) is 71.5 Å². The largest absolute Gasteiger partial charge is 0.487 e. The molecule has 270 valence electrons. The lowest BCUT2D eigenvalue weighted by molar-refractivity contribution is 0.115. The van der Waals surface area contributed by atoms with Crippen LogP contribution in [0.3, 0.4) is 0 Å². The van der Waals surface area contributed by atoms with Crippen molar-refractivity contribution >= 4 is 15.8 Å². The van der Waals surface area contributed by atoms with Gasteiger partial charge in [-0.2, -0.15) is 4.98 Å². The summed E-state index contributed by atoms with van der Waals surface area (Å²) in [6.07, 6.45) is 1.40. The Hall–Kier alpha value is -4.29. The van der Waals surface area contributed by atoms with Crippen LogP contribution in [0, 0.1) is 25.2 Å². The molecule has 0 aliphatic rings. The number of aryl methyl sites for hydroxylation is 2. The summed E-state index contributed by atoms with van der Waals surface area (Å²) in [5.74, 6) is 0.675. The minimum atomic E-state index is -4.26. The molecule has 0 aliphatic heterocycles. The van der Waals surface area contributed by atoms with Crippen molar-refractivity contribution in [3.63, 3.8) is 0 Å². The predicted molar refractivity (Wildman–Crippen MR) is 196 cm³/mol. The molecule has 2 unspecified atom stereocenters. The summed E-state index contributed by atoms with van der Waals surface area (Å²) in [6.45, 7) is 22.2. The fourth-order valence-electron chi connectivity index (χ4n) is 6.74. The van der Waals surface area contributed by atoms with Gasteiger partial charge >= 0.3 is 0 Å². The van der Waals surface area contributed by atoms with Crippen LogP contribution in [0.1, 0.15) is 85.6 Å². The van der Waals surface area contributed by atoms with Crippen molar-refractivity contribution < 1.29 is 27.7 Å². The van der Waals surface area contributed by atoms with Crippen LogP contribution in [0.25, 0.3) is 11.6 Å². The normalized spacial score (nSPS) is 14.0. The number of hydrogen-bond acceptors (Lipinski definition) is 10. The third-order valence-electron chi connectivity index (χ3n) is 8.82. The van der Waals surface area contributed by atoms with E-state index in [0.717, 1.165) is 17.5 Å². The van der Waals surface area contributed by atoms with Crippen LogP contribution >= 0.6 is 0 Å². The van der Waals surface area contributed by atoms with Crippen LogP contribution in [0.2, 0.25) is 0 Å². The first-order valence-corrected chi connectivity index (χ1v) is 18.5. The van der Waals surface area contributed by atoms with Crippen LogP contribution in [0.4, 0.5) is 5.82 Å². The van der Waals surface area contributed by atoms with E-state index < -0.39 is 16.1 Å². The molecule has 11 nitrogen and oxygen atoms in total. The average Bonchev–Trinajstić information content (AvgIpc) is 3.01. The molecule has 0 bridgehead atoms. The van der Waals surface area contributed by atoms with Crippen LogP contribution < -0.4 is 18.9 Å². The van der Waals surface area contributed by atoms with Gasteiger partial charge in [-0.3, -0.25) is 4.72 Å². The van der Waals surface area contributed by atoms with E-state index in [0.29, 0.717) is 17.4 Å². The number of nitrogens with one attached hydrogen (secondary N) is 1. The summed E-state index contributed by atoms with van der Waals surface area (Å²) in [5.41, 5.74) is 2.36. The quantitative estimate of drug-likeness (QED) is 0.132. The van der Waals surface area contributed by atoms with Crippen LogP contribution in [0.15, 0.2) is 59.6 Å². The minimum absolute atomic E-state index is 0.00701. The molecule has 12 heteroatoms. The zero-order chi connectivity index (χ0) is 37.0. The second-order valence-corrected chi connectivity index (χ2v) is 15.9. The predicted octanol–water partition coefficient (Wildman–Crippen LogP) is 8.04. The number of nitrogens with zero attached hydrogens (tertiary/aromatic N) is 4. The highest BCUT2D eigenvalue weighted by molar-refractivity contribution is 7.92. The SMILES string of the molecule is CCC(c1ccc(S(=O)(=O)Nc2nc(-c3nccc(C)n3)nc(OCC(C)O)c2Oc2ccccc2OC(C)C)cc1C)(C(C)C)C(C)(C)C. The number of benzene rings is 2.